The number of hydrogen-bond acceptors (Lipinski definition) is 1. The Bertz CT molecular complexity index is 2850. The minimum absolute atomic E-state index is 0.184. The minimum Gasteiger partial charge on any atom is -0.456 e. The zero-order valence-corrected chi connectivity index (χ0v) is 21.6. The Labute approximate surface area is 248 Å². The smallest absolute Gasteiger partial charge is 0.135 e. The van der Waals surface area contributed by atoms with Crippen molar-refractivity contribution in [3.63, 3.8) is 0 Å². The van der Waals surface area contributed by atoms with Crippen LogP contribution >= 0.6 is 0 Å². The van der Waals surface area contributed by atoms with E-state index in [0.29, 0.717) is 33.4 Å². The van der Waals surface area contributed by atoms with Gasteiger partial charge in [0.05, 0.1) is 11.0 Å². The van der Waals surface area contributed by atoms with E-state index in [4.69, 9.17) is 9.90 Å². The molecule has 0 bridgehead atoms. The molecule has 1 nitrogen and oxygen atoms in total. The number of rotatable bonds is 2. The highest BCUT2D eigenvalue weighted by atomic mass is 16.3. The first-order valence-electron chi connectivity index (χ1n) is 17.5. The first-order valence-corrected chi connectivity index (χ1v) is 13.5. The molecule has 1 heterocycles. The van der Waals surface area contributed by atoms with Crippen LogP contribution in [0.1, 0.15) is 11.0 Å². The van der Waals surface area contributed by atoms with Gasteiger partial charge in [-0.15, -0.1) is 0 Å². The monoisotopic (exact) mass is 528 g/mol. The summed E-state index contributed by atoms with van der Waals surface area (Å²) in [4.78, 5) is 0. The highest BCUT2D eigenvalue weighted by Crippen LogP contribution is 2.46. The summed E-state index contributed by atoms with van der Waals surface area (Å²) in [5, 5.41) is 6.12. The molecule has 9 aromatic rings. The molecule has 0 aliphatic heterocycles. The molecule has 41 heavy (non-hydrogen) atoms. The third-order valence-electron chi connectivity index (χ3n) is 8.10. The van der Waals surface area contributed by atoms with Crippen molar-refractivity contribution in [1.29, 1.82) is 0 Å². The van der Waals surface area contributed by atoms with E-state index in [1.807, 2.05) is 84.9 Å². The van der Waals surface area contributed by atoms with Gasteiger partial charge >= 0.3 is 0 Å². The molecule has 0 unspecified atom stereocenters. The highest BCUT2D eigenvalue weighted by molar-refractivity contribution is 6.25. The molecule has 1 heteroatoms. The van der Waals surface area contributed by atoms with E-state index in [1.165, 1.54) is 0 Å². The zero-order chi connectivity index (χ0) is 33.9. The van der Waals surface area contributed by atoms with E-state index in [1.54, 1.807) is 12.1 Å². The summed E-state index contributed by atoms with van der Waals surface area (Å²) in [5.74, 6) is 0. The molecule has 0 aliphatic rings. The molecule has 0 aliphatic carbocycles. The fourth-order valence-corrected chi connectivity index (χ4v) is 6.32. The predicted octanol–water partition coefficient (Wildman–Crippen LogP) is 11.5. The third kappa shape index (κ3) is 3.24. The molecular weight excluding hydrogens is 496 g/mol. The molecular formula is C40H24O. The number of para-hydroxylation sites is 1. The van der Waals surface area contributed by atoms with Crippen molar-refractivity contribution in [2.75, 3.05) is 0 Å². The average molecular weight is 529 g/mol. The van der Waals surface area contributed by atoms with Gasteiger partial charge in [0.1, 0.15) is 11.2 Å². The van der Waals surface area contributed by atoms with Crippen molar-refractivity contribution in [3.8, 4) is 22.3 Å². The summed E-state index contributed by atoms with van der Waals surface area (Å²) >= 11 is 0. The Morgan fingerprint density at radius 1 is 0.415 bits per heavy atom. The maximum Gasteiger partial charge on any atom is 0.135 e. The van der Waals surface area contributed by atoms with Gasteiger partial charge in [0.2, 0.25) is 0 Å². The second-order valence-electron chi connectivity index (χ2n) is 10.2. The van der Waals surface area contributed by atoms with Crippen molar-refractivity contribution in [2.45, 2.75) is 0 Å². The van der Waals surface area contributed by atoms with Gasteiger partial charge in [-0.05, 0) is 83.5 Å². The van der Waals surface area contributed by atoms with Crippen LogP contribution in [0.3, 0.4) is 0 Å². The zero-order valence-electron chi connectivity index (χ0n) is 29.6. The lowest BCUT2D eigenvalue weighted by molar-refractivity contribution is 0.669. The lowest BCUT2D eigenvalue weighted by atomic mass is 9.84. The minimum atomic E-state index is -0.427. The van der Waals surface area contributed by atoms with Gasteiger partial charge < -0.3 is 4.42 Å². The van der Waals surface area contributed by atoms with Crippen molar-refractivity contribution >= 4 is 65.0 Å². The predicted molar refractivity (Wildman–Crippen MR) is 175 cm³/mol. The normalized spacial score (nSPS) is 14.6. The Morgan fingerprint density at radius 3 is 1.83 bits per heavy atom. The van der Waals surface area contributed by atoms with E-state index in [2.05, 4.69) is 0 Å². The summed E-state index contributed by atoms with van der Waals surface area (Å²) in [5.41, 5.74) is 3.11. The van der Waals surface area contributed by atoms with Crippen LogP contribution in [0, 0.1) is 0 Å². The molecule has 0 amide bonds. The van der Waals surface area contributed by atoms with Gasteiger partial charge in [0, 0.05) is 10.8 Å². The second-order valence-corrected chi connectivity index (χ2v) is 10.2. The lowest BCUT2D eigenvalue weighted by Crippen LogP contribution is -1.91. The van der Waals surface area contributed by atoms with Crippen LogP contribution in [0.25, 0.3) is 87.3 Å². The standard InChI is InChI=1S/C40H24O/c1-2-11-27-25(10-1)20-22-29-28(27)17-9-18-31(29)40-34-15-5-3-13-32(34)39(33-14-4-6-16-35(33)40)26-21-23-38-36(24-26)30-12-7-8-19-37(30)41-38/h1-24H/i3D,4D,5D,6D,13D,14D,15D,16D. The van der Waals surface area contributed by atoms with Gasteiger partial charge in [0.25, 0.3) is 0 Å². The molecule has 0 atom stereocenters. The van der Waals surface area contributed by atoms with E-state index >= 15 is 0 Å². The third-order valence-corrected chi connectivity index (χ3v) is 8.10. The molecule has 190 valence electrons. The van der Waals surface area contributed by atoms with Gasteiger partial charge in [-0.25, -0.2) is 0 Å². The maximum atomic E-state index is 9.33. The number of fused-ring (bicyclic) bond motifs is 8. The molecule has 0 N–H and O–H groups in total. The number of benzene rings is 8. The summed E-state index contributed by atoms with van der Waals surface area (Å²) in [6.07, 6.45) is 0. The van der Waals surface area contributed by atoms with Gasteiger partial charge in [0.15, 0.2) is 0 Å². The van der Waals surface area contributed by atoms with Crippen molar-refractivity contribution in [2.24, 2.45) is 0 Å². The van der Waals surface area contributed by atoms with E-state index in [-0.39, 0.29) is 45.7 Å². The molecule has 0 fully saturated rings. The van der Waals surface area contributed by atoms with Gasteiger partial charge in [-0.2, -0.15) is 0 Å². The molecule has 1 aromatic heterocycles. The SMILES string of the molecule is [2H]c1c([2H])c([2H])c2c(-c3cccc4c3ccc3ccccc34)c3c([2H])c([2H])c([2H])c([2H])c3c(-c3ccc4oc5ccccc5c4c3)c2c1[2H]. The topological polar surface area (TPSA) is 13.1 Å². The van der Waals surface area contributed by atoms with Crippen LogP contribution < -0.4 is 0 Å². The van der Waals surface area contributed by atoms with E-state index < -0.39 is 24.2 Å². The first-order chi connectivity index (χ1) is 23.7. The molecule has 0 radical (unpaired) electrons. The van der Waals surface area contributed by atoms with Crippen molar-refractivity contribution in [1.82, 2.24) is 0 Å². The molecule has 9 rings (SSSR count). The fraction of sp³-hybridized carbons (Fsp3) is 0. The Balaban J connectivity index is 1.57. The first kappa shape index (κ1) is 16.0. The maximum absolute atomic E-state index is 9.33. The van der Waals surface area contributed by atoms with E-state index in [9.17, 15) is 5.48 Å². The second kappa shape index (κ2) is 8.55. The molecule has 0 saturated heterocycles. The van der Waals surface area contributed by atoms with Crippen LogP contribution in [-0.2, 0) is 0 Å². The summed E-state index contributed by atoms with van der Waals surface area (Å²) in [6, 6.07) is 27.9. The number of furan rings is 1. The molecule has 0 saturated carbocycles. The van der Waals surface area contributed by atoms with Crippen LogP contribution in [-0.4, -0.2) is 0 Å². The summed E-state index contributed by atoms with van der Waals surface area (Å²) < 4.78 is 78.4. The molecule has 8 aromatic carbocycles. The van der Waals surface area contributed by atoms with Crippen LogP contribution in [0.15, 0.2) is 150 Å². The van der Waals surface area contributed by atoms with Gasteiger partial charge in [-0.3, -0.25) is 0 Å². The van der Waals surface area contributed by atoms with Crippen LogP contribution in [0.2, 0.25) is 0 Å². The Morgan fingerprint density at radius 2 is 1.05 bits per heavy atom. The number of hydrogen-bond donors (Lipinski definition) is 0. The van der Waals surface area contributed by atoms with Crippen LogP contribution in [0.4, 0.5) is 0 Å². The Hall–Kier alpha value is -5.40. The fourth-order valence-electron chi connectivity index (χ4n) is 6.32. The average Bonchev–Trinajstić information content (AvgIpc) is 3.51. The summed E-state index contributed by atoms with van der Waals surface area (Å²) in [7, 11) is 0. The molecule has 0 spiro atoms. The Kier molecular flexibility index (Phi) is 3.34. The highest BCUT2D eigenvalue weighted by Gasteiger charge is 2.19. The summed E-state index contributed by atoms with van der Waals surface area (Å²) in [6.45, 7) is 0. The largest absolute Gasteiger partial charge is 0.456 e. The quantitative estimate of drug-likeness (QED) is 0.161. The van der Waals surface area contributed by atoms with Crippen molar-refractivity contribution in [3.05, 3.63) is 145 Å². The van der Waals surface area contributed by atoms with Gasteiger partial charge in [-0.1, -0.05) is 127 Å². The van der Waals surface area contributed by atoms with E-state index in [0.717, 1.165) is 32.3 Å². The van der Waals surface area contributed by atoms with Crippen LogP contribution in [0.5, 0.6) is 0 Å². The lowest BCUT2D eigenvalue weighted by Gasteiger charge is -2.19. The van der Waals surface area contributed by atoms with Crippen molar-refractivity contribution < 1.29 is 15.4 Å².